The molecule has 0 unspecified atom stereocenters. The van der Waals surface area contributed by atoms with E-state index in [-0.39, 0.29) is 55.9 Å². The third-order valence-corrected chi connectivity index (χ3v) is 7.05. The highest BCUT2D eigenvalue weighted by Gasteiger charge is 2.51. The van der Waals surface area contributed by atoms with Gasteiger partial charge in [-0.15, -0.1) is 0 Å². The summed E-state index contributed by atoms with van der Waals surface area (Å²) in [6, 6.07) is 14.9. The first-order valence-corrected chi connectivity index (χ1v) is 13.6. The third kappa shape index (κ3) is 6.93. The number of nitrogens with zero attached hydrogens (tertiary/aromatic N) is 4. The number of ether oxygens (including phenoxy) is 1. The lowest BCUT2D eigenvalue weighted by Gasteiger charge is -2.55. The van der Waals surface area contributed by atoms with Crippen LogP contribution in [-0.4, -0.2) is 82.7 Å². The molecule has 1 N–H and O–H groups in total. The fourth-order valence-corrected chi connectivity index (χ4v) is 5.19. The molecule has 2 aromatic carbocycles. The first-order chi connectivity index (χ1) is 18.8. The van der Waals surface area contributed by atoms with Crippen molar-refractivity contribution in [3.05, 3.63) is 71.5 Å². The number of urea groups is 1. The molecule has 0 bridgehead atoms. The monoisotopic (exact) mass is 539 g/mol. The molecule has 0 spiro atoms. The Morgan fingerprint density at radius 1 is 1.10 bits per heavy atom. The zero-order valence-electron chi connectivity index (χ0n) is 22.9. The van der Waals surface area contributed by atoms with Crippen LogP contribution < -0.4 is 5.32 Å². The van der Waals surface area contributed by atoms with E-state index in [4.69, 9.17) is 4.74 Å². The molecule has 0 saturated carbocycles. The van der Waals surface area contributed by atoms with E-state index in [1.165, 1.54) is 12.1 Å². The van der Waals surface area contributed by atoms with Gasteiger partial charge in [0.05, 0.1) is 26.3 Å². The number of amides is 4. The van der Waals surface area contributed by atoms with Crippen molar-refractivity contribution >= 4 is 17.8 Å². The van der Waals surface area contributed by atoms with Crippen molar-refractivity contribution in [2.45, 2.75) is 52.6 Å². The molecular weight excluding hydrogens is 501 g/mol. The number of benzene rings is 2. The molecule has 4 rings (SSSR count). The van der Waals surface area contributed by atoms with Gasteiger partial charge in [-0.25, -0.2) is 19.2 Å². The molecule has 2 aliphatic rings. The lowest BCUT2D eigenvalue weighted by Crippen LogP contribution is -2.76. The molecule has 39 heavy (non-hydrogen) atoms. The Morgan fingerprint density at radius 3 is 2.54 bits per heavy atom. The van der Waals surface area contributed by atoms with Gasteiger partial charge < -0.3 is 19.9 Å². The van der Waals surface area contributed by atoms with Crippen molar-refractivity contribution in [3.8, 4) is 0 Å². The van der Waals surface area contributed by atoms with Crippen molar-refractivity contribution in [1.29, 1.82) is 0 Å². The summed E-state index contributed by atoms with van der Waals surface area (Å²) in [5, 5.41) is 6.33. The maximum Gasteiger partial charge on any atom is 0.334 e. The summed E-state index contributed by atoms with van der Waals surface area (Å²) < 4.78 is 19.2. The topological polar surface area (TPSA) is 85.4 Å². The van der Waals surface area contributed by atoms with E-state index in [9.17, 15) is 18.8 Å². The highest BCUT2D eigenvalue weighted by atomic mass is 19.1. The van der Waals surface area contributed by atoms with Gasteiger partial charge in [0.15, 0.2) is 0 Å². The van der Waals surface area contributed by atoms with Gasteiger partial charge in [-0.05, 0) is 35.6 Å². The summed E-state index contributed by atoms with van der Waals surface area (Å²) >= 11 is 0. The molecule has 0 radical (unpaired) electrons. The van der Waals surface area contributed by atoms with Gasteiger partial charge in [0.2, 0.25) is 11.8 Å². The van der Waals surface area contributed by atoms with Crippen LogP contribution in [0.25, 0.3) is 0 Å². The minimum atomic E-state index is -0.664. The predicted molar refractivity (Wildman–Crippen MR) is 144 cm³/mol. The van der Waals surface area contributed by atoms with Crippen LogP contribution in [0.3, 0.4) is 0 Å². The highest BCUT2D eigenvalue weighted by molar-refractivity contribution is 5.91. The zero-order chi connectivity index (χ0) is 27.9. The highest BCUT2D eigenvalue weighted by Crippen LogP contribution is 2.29. The van der Waals surface area contributed by atoms with E-state index in [2.05, 4.69) is 5.32 Å². The largest absolute Gasteiger partial charge is 0.375 e. The van der Waals surface area contributed by atoms with Crippen molar-refractivity contribution in [1.82, 2.24) is 25.1 Å². The first kappa shape index (κ1) is 28.5. The fourth-order valence-electron chi connectivity index (χ4n) is 5.19. The normalized spacial score (nSPS) is 20.0. The number of carbonyl (C=O) groups is 3. The van der Waals surface area contributed by atoms with E-state index in [1.807, 2.05) is 51.1 Å². The molecule has 210 valence electrons. The van der Waals surface area contributed by atoms with Crippen LogP contribution in [0.4, 0.5) is 9.18 Å². The molecule has 2 fully saturated rings. The van der Waals surface area contributed by atoms with E-state index in [0.717, 1.165) is 5.56 Å². The quantitative estimate of drug-likeness (QED) is 0.469. The Hall–Kier alpha value is -3.50. The molecule has 2 saturated heterocycles. The molecule has 9 nitrogen and oxygen atoms in total. The van der Waals surface area contributed by atoms with Crippen LogP contribution in [0.15, 0.2) is 54.6 Å². The third-order valence-electron chi connectivity index (χ3n) is 7.05. The first-order valence-electron chi connectivity index (χ1n) is 13.6. The Balaban J connectivity index is 1.51. The molecular formula is C29H38FN5O4. The van der Waals surface area contributed by atoms with Gasteiger partial charge >= 0.3 is 6.03 Å². The lowest BCUT2D eigenvalue weighted by molar-refractivity contribution is -0.191. The van der Waals surface area contributed by atoms with Gasteiger partial charge in [0.1, 0.15) is 18.0 Å². The molecule has 2 heterocycles. The Morgan fingerprint density at radius 2 is 1.85 bits per heavy atom. The molecule has 0 aliphatic carbocycles. The summed E-state index contributed by atoms with van der Waals surface area (Å²) in [6.07, 6.45) is -0.139. The molecule has 2 aromatic rings. The van der Waals surface area contributed by atoms with Crippen molar-refractivity contribution < 1.29 is 23.5 Å². The molecule has 2 aliphatic heterocycles. The molecule has 4 amide bonds. The van der Waals surface area contributed by atoms with Gasteiger partial charge in [-0.2, -0.15) is 0 Å². The van der Waals surface area contributed by atoms with Gasteiger partial charge in [-0.1, -0.05) is 63.2 Å². The number of hydrazine groups is 1. The SMILES string of the molecule is CCN1CC(=O)N2[C@@H](CC(C)C)C(=O)N(CCOCc3cccc(F)c3)C[C@@H]2N1C(=O)NCc1ccccc1. The second kappa shape index (κ2) is 13.0. The van der Waals surface area contributed by atoms with Crippen LogP contribution in [0.5, 0.6) is 0 Å². The minimum absolute atomic E-state index is 0.0321. The van der Waals surface area contributed by atoms with Crippen LogP contribution in [0.1, 0.15) is 38.3 Å². The lowest BCUT2D eigenvalue weighted by atomic mass is 9.97. The summed E-state index contributed by atoms with van der Waals surface area (Å²) in [5.74, 6) is -0.458. The van der Waals surface area contributed by atoms with Gasteiger partial charge in [0.25, 0.3) is 0 Å². The number of hydrogen-bond acceptors (Lipinski definition) is 5. The maximum absolute atomic E-state index is 13.6. The number of hydrogen-bond donors (Lipinski definition) is 1. The van der Waals surface area contributed by atoms with Crippen molar-refractivity contribution in [2.24, 2.45) is 5.92 Å². The zero-order valence-corrected chi connectivity index (χ0v) is 22.9. The maximum atomic E-state index is 13.6. The Bertz CT molecular complexity index is 1150. The number of nitrogens with one attached hydrogen (secondary N) is 1. The van der Waals surface area contributed by atoms with Crippen LogP contribution >= 0.6 is 0 Å². The average Bonchev–Trinajstić information content (AvgIpc) is 2.91. The molecule has 10 heteroatoms. The van der Waals surface area contributed by atoms with Crippen molar-refractivity contribution in [2.75, 3.05) is 32.8 Å². The van der Waals surface area contributed by atoms with E-state index < -0.39 is 12.2 Å². The number of fused-ring (bicyclic) bond motifs is 1. The number of likely N-dealkylation sites (N-methyl/N-ethyl adjacent to an activating group) is 1. The number of piperazine rings is 1. The summed E-state index contributed by atoms with van der Waals surface area (Å²) in [5.41, 5.74) is 1.67. The summed E-state index contributed by atoms with van der Waals surface area (Å²) in [6.45, 7) is 7.72. The molecule has 0 aromatic heterocycles. The standard InChI is InChI=1S/C29H38FN5O4/c1-4-33-19-27(36)34-25(15-21(2)3)28(37)32(13-14-39-20-23-11-8-12-24(30)16-23)18-26(34)35(33)29(38)31-17-22-9-6-5-7-10-22/h5-12,16,21,25-26H,4,13-15,17-20H2,1-3H3,(H,31,38)/t25-,26-/m0/s1. The fraction of sp³-hybridized carbons (Fsp3) is 0.483. The van der Waals surface area contributed by atoms with Crippen LogP contribution in [0.2, 0.25) is 0 Å². The second-order valence-electron chi connectivity index (χ2n) is 10.4. The number of halogens is 1. The van der Waals surface area contributed by atoms with Crippen LogP contribution in [-0.2, 0) is 27.5 Å². The van der Waals surface area contributed by atoms with Crippen molar-refractivity contribution in [3.63, 3.8) is 0 Å². The average molecular weight is 540 g/mol. The summed E-state index contributed by atoms with van der Waals surface area (Å²) in [4.78, 5) is 43.8. The van der Waals surface area contributed by atoms with Gasteiger partial charge in [-0.3, -0.25) is 9.59 Å². The van der Waals surface area contributed by atoms with E-state index >= 15 is 0 Å². The smallest absolute Gasteiger partial charge is 0.334 e. The number of rotatable bonds is 10. The minimum Gasteiger partial charge on any atom is -0.375 e. The van der Waals surface area contributed by atoms with Gasteiger partial charge in [0, 0.05) is 19.6 Å². The van der Waals surface area contributed by atoms with E-state index in [0.29, 0.717) is 31.6 Å². The van der Waals surface area contributed by atoms with Crippen LogP contribution in [0, 0.1) is 11.7 Å². The summed E-state index contributed by atoms with van der Waals surface area (Å²) in [7, 11) is 0. The number of carbonyl (C=O) groups excluding carboxylic acids is 3. The Kier molecular flexibility index (Phi) is 9.53. The molecule has 2 atom stereocenters. The van der Waals surface area contributed by atoms with E-state index in [1.54, 1.807) is 32.0 Å². The second-order valence-corrected chi connectivity index (χ2v) is 10.4. The predicted octanol–water partition coefficient (Wildman–Crippen LogP) is 3.22. The Labute approximate surface area is 229 Å².